The monoisotopic (exact) mass is 242 g/mol. The number of nitrogens with two attached hydrogens (primary N) is 1. The van der Waals surface area contributed by atoms with Crippen LogP contribution in [0.3, 0.4) is 0 Å². The van der Waals surface area contributed by atoms with Crippen LogP contribution in [-0.2, 0) is 14.3 Å². The summed E-state index contributed by atoms with van der Waals surface area (Å²) in [7, 11) is 1.27. The zero-order chi connectivity index (χ0) is 12.1. The zero-order valence-electron chi connectivity index (χ0n) is 9.10. The summed E-state index contributed by atoms with van der Waals surface area (Å²) < 4.78 is 4.49. The molecule has 5 nitrogen and oxygen atoms in total. The van der Waals surface area contributed by atoms with Crippen LogP contribution in [0.25, 0.3) is 0 Å². The second kappa shape index (κ2) is 5.62. The first kappa shape index (κ1) is 12.7. The van der Waals surface area contributed by atoms with Crippen molar-refractivity contribution in [3.63, 3.8) is 0 Å². The summed E-state index contributed by atoms with van der Waals surface area (Å²) in [5.41, 5.74) is 5.72. The second-order valence-corrected chi connectivity index (χ2v) is 4.23. The van der Waals surface area contributed by atoms with Gasteiger partial charge in [-0.25, -0.2) is 4.79 Å². The van der Waals surface area contributed by atoms with Crippen molar-refractivity contribution in [1.82, 2.24) is 5.32 Å². The van der Waals surface area contributed by atoms with Crippen molar-refractivity contribution in [2.24, 2.45) is 5.73 Å². The van der Waals surface area contributed by atoms with Crippen LogP contribution in [0.2, 0.25) is 0 Å². The number of methoxy groups -OCH3 is 1. The minimum atomic E-state index is -0.743. The van der Waals surface area contributed by atoms with Gasteiger partial charge in [-0.2, -0.15) is 0 Å². The third kappa shape index (κ3) is 3.04. The average molecular weight is 242 g/mol. The van der Waals surface area contributed by atoms with Gasteiger partial charge in [0, 0.05) is 4.88 Å². The average Bonchev–Trinajstić information content (AvgIpc) is 2.79. The van der Waals surface area contributed by atoms with E-state index in [9.17, 15) is 9.59 Å². The maximum Gasteiger partial charge on any atom is 0.328 e. The maximum absolute atomic E-state index is 11.6. The molecule has 0 spiro atoms. The summed E-state index contributed by atoms with van der Waals surface area (Å²) >= 11 is 1.40. The molecule has 0 aliphatic rings. The first-order valence-corrected chi connectivity index (χ1v) is 5.61. The zero-order valence-corrected chi connectivity index (χ0v) is 9.91. The van der Waals surface area contributed by atoms with Crippen LogP contribution >= 0.6 is 11.3 Å². The smallest absolute Gasteiger partial charge is 0.328 e. The van der Waals surface area contributed by atoms with E-state index in [1.165, 1.54) is 18.4 Å². The van der Waals surface area contributed by atoms with E-state index in [0.717, 1.165) is 4.88 Å². The van der Waals surface area contributed by atoms with E-state index in [2.05, 4.69) is 10.1 Å². The Labute approximate surface area is 97.6 Å². The molecule has 0 fully saturated rings. The summed E-state index contributed by atoms with van der Waals surface area (Å²) in [5.74, 6) is -0.882. The molecular formula is C10H14N2O3S. The van der Waals surface area contributed by atoms with Gasteiger partial charge < -0.3 is 15.8 Å². The van der Waals surface area contributed by atoms with Gasteiger partial charge in [0.05, 0.1) is 7.11 Å². The lowest BCUT2D eigenvalue weighted by Crippen LogP contribution is -2.43. The highest BCUT2D eigenvalue weighted by molar-refractivity contribution is 7.10. The highest BCUT2D eigenvalue weighted by Crippen LogP contribution is 2.16. The van der Waals surface area contributed by atoms with Gasteiger partial charge in [-0.15, -0.1) is 11.3 Å². The highest BCUT2D eigenvalue weighted by Gasteiger charge is 2.21. The number of ether oxygens (including phenoxy) is 1. The fourth-order valence-corrected chi connectivity index (χ4v) is 1.86. The van der Waals surface area contributed by atoms with Gasteiger partial charge in [-0.3, -0.25) is 4.79 Å². The topological polar surface area (TPSA) is 81.4 Å². The molecule has 88 valence electrons. The summed E-state index contributed by atoms with van der Waals surface area (Å²) in [6.45, 7) is 1.55. The molecule has 16 heavy (non-hydrogen) atoms. The standard InChI is InChI=1S/C10H14N2O3S/c1-6(10(14)15-2)12-9(13)8(11)7-4-3-5-16-7/h3-6,8H,11H2,1-2H3,(H,12,13). The number of hydrogen-bond donors (Lipinski definition) is 2. The fraction of sp³-hybridized carbons (Fsp3) is 0.400. The molecule has 0 aliphatic carbocycles. The van der Waals surface area contributed by atoms with E-state index >= 15 is 0 Å². The van der Waals surface area contributed by atoms with E-state index < -0.39 is 18.1 Å². The summed E-state index contributed by atoms with van der Waals surface area (Å²) in [5, 5.41) is 4.33. The third-order valence-corrected chi connectivity index (χ3v) is 3.00. The van der Waals surface area contributed by atoms with Crippen LogP contribution in [-0.4, -0.2) is 25.0 Å². The van der Waals surface area contributed by atoms with E-state index in [-0.39, 0.29) is 5.91 Å². The molecule has 0 saturated heterocycles. The Morgan fingerprint density at radius 3 is 2.75 bits per heavy atom. The van der Waals surface area contributed by atoms with E-state index in [1.54, 1.807) is 13.0 Å². The molecule has 1 aromatic heterocycles. The normalized spacial score (nSPS) is 13.9. The lowest BCUT2D eigenvalue weighted by atomic mass is 10.2. The Kier molecular flexibility index (Phi) is 4.45. The maximum atomic E-state index is 11.6. The number of nitrogens with one attached hydrogen (secondary N) is 1. The van der Waals surface area contributed by atoms with Crippen LogP contribution in [0.5, 0.6) is 0 Å². The quantitative estimate of drug-likeness (QED) is 0.750. The predicted molar refractivity (Wildman–Crippen MR) is 60.9 cm³/mol. The largest absolute Gasteiger partial charge is 0.467 e. The number of hydrogen-bond acceptors (Lipinski definition) is 5. The molecule has 2 unspecified atom stereocenters. The molecule has 1 aromatic rings. The van der Waals surface area contributed by atoms with Crippen molar-refractivity contribution in [1.29, 1.82) is 0 Å². The molecule has 0 aliphatic heterocycles. The molecule has 0 saturated carbocycles. The Hall–Kier alpha value is -1.40. The molecule has 0 bridgehead atoms. The molecule has 0 radical (unpaired) electrons. The van der Waals surface area contributed by atoms with Gasteiger partial charge in [0.1, 0.15) is 12.1 Å². The van der Waals surface area contributed by atoms with Crippen molar-refractivity contribution in [3.05, 3.63) is 22.4 Å². The van der Waals surface area contributed by atoms with Crippen molar-refractivity contribution in [2.75, 3.05) is 7.11 Å². The van der Waals surface area contributed by atoms with Crippen molar-refractivity contribution >= 4 is 23.2 Å². The summed E-state index contributed by atoms with van der Waals surface area (Å²) in [4.78, 5) is 23.5. The SMILES string of the molecule is COC(=O)C(C)NC(=O)C(N)c1cccs1. The highest BCUT2D eigenvalue weighted by atomic mass is 32.1. The van der Waals surface area contributed by atoms with Crippen LogP contribution in [0.1, 0.15) is 17.8 Å². The first-order valence-electron chi connectivity index (χ1n) is 4.73. The molecular weight excluding hydrogens is 228 g/mol. The second-order valence-electron chi connectivity index (χ2n) is 3.25. The van der Waals surface area contributed by atoms with E-state index in [1.807, 2.05) is 11.4 Å². The molecule has 2 atom stereocenters. The third-order valence-electron chi connectivity index (χ3n) is 2.05. The Morgan fingerprint density at radius 1 is 1.56 bits per heavy atom. The number of carbonyl (C=O) groups is 2. The lowest BCUT2D eigenvalue weighted by Gasteiger charge is -2.14. The lowest BCUT2D eigenvalue weighted by molar-refractivity contribution is -0.144. The van der Waals surface area contributed by atoms with Crippen LogP contribution in [0.15, 0.2) is 17.5 Å². The molecule has 1 heterocycles. The van der Waals surface area contributed by atoms with Crippen molar-refractivity contribution in [2.45, 2.75) is 19.0 Å². The summed E-state index contributed by atoms with van der Waals surface area (Å²) in [6, 6.07) is 2.16. The van der Waals surface area contributed by atoms with Crippen LogP contribution in [0, 0.1) is 0 Å². The summed E-state index contributed by atoms with van der Waals surface area (Å²) in [6.07, 6.45) is 0. The van der Waals surface area contributed by atoms with E-state index in [0.29, 0.717) is 0 Å². The Morgan fingerprint density at radius 2 is 2.25 bits per heavy atom. The number of rotatable bonds is 4. The van der Waals surface area contributed by atoms with Gasteiger partial charge in [0.25, 0.3) is 0 Å². The van der Waals surface area contributed by atoms with Crippen LogP contribution in [0.4, 0.5) is 0 Å². The van der Waals surface area contributed by atoms with Gasteiger partial charge in [0.2, 0.25) is 5.91 Å². The Balaban J connectivity index is 2.56. The molecule has 3 N–H and O–H groups in total. The molecule has 0 aromatic carbocycles. The number of thiophene rings is 1. The predicted octanol–water partition coefficient (Wildman–Crippen LogP) is 0.426. The van der Waals surface area contributed by atoms with Crippen LogP contribution < -0.4 is 11.1 Å². The molecule has 6 heteroatoms. The fourth-order valence-electron chi connectivity index (χ4n) is 1.14. The minimum Gasteiger partial charge on any atom is -0.467 e. The minimum absolute atomic E-state index is 0.389. The Bertz CT molecular complexity index is 364. The van der Waals surface area contributed by atoms with Gasteiger partial charge >= 0.3 is 5.97 Å². The van der Waals surface area contributed by atoms with Gasteiger partial charge in [-0.05, 0) is 18.4 Å². The van der Waals surface area contributed by atoms with Gasteiger partial charge in [-0.1, -0.05) is 6.07 Å². The van der Waals surface area contributed by atoms with Gasteiger partial charge in [0.15, 0.2) is 0 Å². The van der Waals surface area contributed by atoms with Crippen molar-refractivity contribution in [3.8, 4) is 0 Å². The molecule has 1 rings (SSSR count). The number of esters is 1. The first-order chi connectivity index (χ1) is 7.56. The van der Waals surface area contributed by atoms with E-state index in [4.69, 9.17) is 5.73 Å². The number of carbonyl (C=O) groups excluding carboxylic acids is 2. The molecule has 1 amide bonds. The number of amides is 1. The van der Waals surface area contributed by atoms with Crippen molar-refractivity contribution < 1.29 is 14.3 Å².